The number of methoxy groups -OCH3 is 2. The van der Waals surface area contributed by atoms with Crippen molar-refractivity contribution < 1.29 is 62.7 Å². The van der Waals surface area contributed by atoms with Crippen LogP contribution in [0.4, 0.5) is 0 Å². The Morgan fingerprint density at radius 1 is 0.913 bits per heavy atom. The van der Waals surface area contributed by atoms with Crippen molar-refractivity contribution >= 4 is 17.3 Å². The summed E-state index contributed by atoms with van der Waals surface area (Å²) >= 11 is 1.46. The lowest BCUT2D eigenvalue weighted by Gasteiger charge is -2.48. The lowest BCUT2D eigenvalue weighted by atomic mass is 9.66. The van der Waals surface area contributed by atoms with Gasteiger partial charge in [-0.15, -0.1) is 11.3 Å². The van der Waals surface area contributed by atoms with Crippen molar-refractivity contribution in [2.24, 2.45) is 11.8 Å². The van der Waals surface area contributed by atoms with Gasteiger partial charge < -0.3 is 58.0 Å². The Morgan fingerprint density at radius 3 is 2.35 bits per heavy atom. The largest absolute Gasteiger partial charge is 0.502 e. The van der Waals surface area contributed by atoms with Crippen molar-refractivity contribution in [3.05, 3.63) is 63.3 Å². The van der Waals surface area contributed by atoms with E-state index in [1.807, 2.05) is 23.6 Å². The van der Waals surface area contributed by atoms with E-state index in [1.165, 1.54) is 25.6 Å². The Kier molecular flexibility index (Phi) is 7.48. The molecule has 0 spiro atoms. The number of rotatable bonds is 6. The maximum Gasteiger partial charge on any atom is 0.310 e. The van der Waals surface area contributed by atoms with Crippen molar-refractivity contribution in [3.8, 4) is 28.7 Å². The SMILES string of the molecule is COc1cc([C@@H]2c3cc4c(cc3[C@@H](O[C@@H]3OC5COC(c6cccs6)OC5[C@H](O)[C@H]3O)C3COC(=O)C32)OCO4)cc(OC)c1O. The average molecular weight is 657 g/mol. The fraction of sp³-hybridized carbons (Fsp3) is 0.469. The number of ether oxygens (including phenoxy) is 9. The van der Waals surface area contributed by atoms with Crippen LogP contribution in [0, 0.1) is 11.8 Å². The maximum absolute atomic E-state index is 13.5. The molecular weight excluding hydrogens is 624 g/mol. The number of hydrogen-bond acceptors (Lipinski definition) is 14. The van der Waals surface area contributed by atoms with Gasteiger partial charge in [0.1, 0.15) is 24.4 Å². The van der Waals surface area contributed by atoms with E-state index < -0.39 is 66.8 Å². The summed E-state index contributed by atoms with van der Waals surface area (Å²) < 4.78 is 52.6. The Hall–Kier alpha value is -3.63. The molecule has 1 aliphatic carbocycles. The van der Waals surface area contributed by atoms with Gasteiger partial charge in [0, 0.05) is 11.8 Å². The zero-order valence-electron chi connectivity index (χ0n) is 24.8. The molecule has 10 atom stereocenters. The molecule has 3 aromatic rings. The minimum atomic E-state index is -1.47. The quantitative estimate of drug-likeness (QED) is 0.333. The summed E-state index contributed by atoms with van der Waals surface area (Å²) in [6.45, 7) is 0.171. The zero-order valence-corrected chi connectivity index (χ0v) is 25.6. The van der Waals surface area contributed by atoms with Crippen LogP contribution in [0.3, 0.4) is 0 Å². The van der Waals surface area contributed by atoms with Crippen molar-refractivity contribution in [3.63, 3.8) is 0 Å². The van der Waals surface area contributed by atoms with E-state index in [0.29, 0.717) is 28.2 Å². The summed E-state index contributed by atoms with van der Waals surface area (Å²) in [5.41, 5.74) is 2.00. The fourth-order valence-corrected chi connectivity index (χ4v) is 7.89. The number of phenolic OH excluding ortho intramolecular Hbond substituents is 1. The van der Waals surface area contributed by atoms with E-state index in [0.717, 1.165) is 4.88 Å². The number of thiophene rings is 1. The third-order valence-corrected chi connectivity index (χ3v) is 10.3. The normalized spacial score (nSPS) is 34.3. The molecule has 3 fully saturated rings. The van der Waals surface area contributed by atoms with Crippen LogP contribution in [-0.4, -0.2) is 86.2 Å². The first-order valence-electron chi connectivity index (χ1n) is 14.9. The van der Waals surface area contributed by atoms with E-state index in [-0.39, 0.29) is 37.3 Å². The van der Waals surface area contributed by atoms with Gasteiger partial charge in [-0.25, -0.2) is 0 Å². The summed E-state index contributed by atoms with van der Waals surface area (Å²) in [5, 5.41) is 35.0. The van der Waals surface area contributed by atoms with Crippen LogP contribution in [0.25, 0.3) is 0 Å². The van der Waals surface area contributed by atoms with Crippen LogP contribution in [0.2, 0.25) is 0 Å². The highest BCUT2D eigenvalue weighted by Gasteiger charge is 2.56. The number of benzene rings is 2. The van der Waals surface area contributed by atoms with Gasteiger partial charge in [0.2, 0.25) is 12.5 Å². The predicted molar refractivity (Wildman–Crippen MR) is 156 cm³/mol. The lowest BCUT2D eigenvalue weighted by molar-refractivity contribution is -0.368. The first kappa shape index (κ1) is 29.8. The smallest absolute Gasteiger partial charge is 0.310 e. The molecule has 13 nitrogen and oxygen atoms in total. The van der Waals surface area contributed by atoms with Gasteiger partial charge in [-0.3, -0.25) is 4.79 Å². The monoisotopic (exact) mass is 656 g/mol. The third kappa shape index (κ3) is 4.70. The maximum atomic E-state index is 13.5. The summed E-state index contributed by atoms with van der Waals surface area (Å²) in [6, 6.07) is 10.7. The minimum Gasteiger partial charge on any atom is -0.502 e. The molecule has 3 N–H and O–H groups in total. The van der Waals surface area contributed by atoms with E-state index in [4.69, 9.17) is 42.6 Å². The number of cyclic esters (lactones) is 1. The molecular formula is C32H32O13S. The Morgan fingerprint density at radius 2 is 1.65 bits per heavy atom. The Balaban J connectivity index is 1.16. The molecule has 244 valence electrons. The average Bonchev–Trinajstić information content (AvgIpc) is 3.85. The van der Waals surface area contributed by atoms with Crippen LogP contribution >= 0.6 is 11.3 Å². The zero-order chi connectivity index (χ0) is 31.7. The number of fused-ring (bicyclic) bond motifs is 4. The Labute approximate surface area is 267 Å². The molecule has 1 aromatic heterocycles. The van der Waals surface area contributed by atoms with Crippen LogP contribution in [-0.2, 0) is 28.5 Å². The summed E-state index contributed by atoms with van der Waals surface area (Å²) in [7, 11) is 2.86. The van der Waals surface area contributed by atoms with E-state index in [9.17, 15) is 20.1 Å². The summed E-state index contributed by atoms with van der Waals surface area (Å²) in [4.78, 5) is 14.3. The van der Waals surface area contributed by atoms with Crippen molar-refractivity contribution in [2.75, 3.05) is 34.2 Å². The Bertz CT molecular complexity index is 1600. The molecule has 3 saturated heterocycles. The van der Waals surface area contributed by atoms with Crippen LogP contribution in [0.5, 0.6) is 28.7 Å². The van der Waals surface area contributed by atoms with E-state index in [2.05, 4.69) is 0 Å². The second-order valence-corrected chi connectivity index (χ2v) is 12.7. The van der Waals surface area contributed by atoms with Gasteiger partial charge in [-0.1, -0.05) is 6.07 Å². The molecule has 4 aliphatic heterocycles. The molecule has 5 unspecified atom stereocenters. The number of carbonyl (C=O) groups excluding carboxylic acids is 1. The highest BCUT2D eigenvalue weighted by Crippen LogP contribution is 2.57. The summed E-state index contributed by atoms with van der Waals surface area (Å²) in [6.07, 6.45) is -7.16. The number of phenols is 1. The summed E-state index contributed by atoms with van der Waals surface area (Å²) in [5.74, 6) is -1.08. The molecule has 46 heavy (non-hydrogen) atoms. The van der Waals surface area contributed by atoms with Crippen molar-refractivity contribution in [1.82, 2.24) is 0 Å². The second kappa shape index (κ2) is 11.6. The molecule has 0 saturated carbocycles. The van der Waals surface area contributed by atoms with Gasteiger partial charge in [0.25, 0.3) is 0 Å². The number of aromatic hydroxyl groups is 1. The van der Waals surface area contributed by atoms with Gasteiger partial charge in [0.05, 0.1) is 44.3 Å². The lowest BCUT2D eigenvalue weighted by Crippen LogP contribution is -2.62. The predicted octanol–water partition coefficient (Wildman–Crippen LogP) is 2.75. The molecule has 0 bridgehead atoms. The molecule has 14 heteroatoms. The number of carbonyl (C=O) groups is 1. The molecule has 8 rings (SSSR count). The van der Waals surface area contributed by atoms with E-state index >= 15 is 0 Å². The molecule has 0 radical (unpaired) electrons. The van der Waals surface area contributed by atoms with Crippen LogP contribution in [0.15, 0.2) is 41.8 Å². The first-order chi connectivity index (χ1) is 22.4. The second-order valence-electron chi connectivity index (χ2n) is 11.8. The number of hydrogen-bond donors (Lipinski definition) is 3. The topological polar surface area (TPSA) is 161 Å². The van der Waals surface area contributed by atoms with Gasteiger partial charge >= 0.3 is 5.97 Å². The van der Waals surface area contributed by atoms with Crippen LogP contribution < -0.4 is 18.9 Å². The van der Waals surface area contributed by atoms with Crippen molar-refractivity contribution in [2.45, 2.75) is 49.0 Å². The highest BCUT2D eigenvalue weighted by molar-refractivity contribution is 7.10. The van der Waals surface area contributed by atoms with E-state index in [1.54, 1.807) is 18.2 Å². The standard InChI is InChI=1S/C32H32O13S/c1-37-19-6-13(7-20(38-2)25(19)33)23-14-8-17-18(42-12-41-17)9-15(14)28(16-10-39-30(36)24(16)23)44-32-27(35)26(34)29-21(43-32)11-40-31(45-29)22-4-3-5-46-22/h3-9,16,21,23-24,26-29,31-35H,10-12H2,1-2H3/t16?,21?,23-,24?,26-,27-,28-,29?,31?,32+/m1/s1. The highest BCUT2D eigenvalue weighted by atomic mass is 32.1. The minimum absolute atomic E-state index is 0.0242. The van der Waals surface area contributed by atoms with Crippen molar-refractivity contribution in [1.29, 1.82) is 0 Å². The number of aliphatic hydroxyl groups excluding tert-OH is 2. The number of esters is 1. The van der Waals surface area contributed by atoms with Gasteiger partial charge in [0.15, 0.2) is 35.6 Å². The van der Waals surface area contributed by atoms with Gasteiger partial charge in [-0.05, 0) is 52.4 Å². The van der Waals surface area contributed by atoms with Crippen LogP contribution in [0.1, 0.15) is 39.9 Å². The number of aliphatic hydroxyl groups is 2. The first-order valence-corrected chi connectivity index (χ1v) is 15.8. The molecule has 5 aliphatic rings. The third-order valence-electron chi connectivity index (χ3n) is 9.37. The molecule has 5 heterocycles. The van der Waals surface area contributed by atoms with Gasteiger partial charge in [-0.2, -0.15) is 0 Å². The molecule has 0 amide bonds. The molecule has 2 aromatic carbocycles. The fourth-order valence-electron chi connectivity index (χ4n) is 7.18.